The summed E-state index contributed by atoms with van der Waals surface area (Å²) in [6.45, 7) is 9.17. The van der Waals surface area contributed by atoms with Crippen molar-refractivity contribution in [1.29, 1.82) is 0 Å². The Labute approximate surface area is 102 Å². The van der Waals surface area contributed by atoms with E-state index in [0.29, 0.717) is 10.9 Å². The van der Waals surface area contributed by atoms with E-state index in [2.05, 4.69) is 43.5 Å². The van der Waals surface area contributed by atoms with E-state index in [9.17, 15) is 0 Å². The predicted octanol–water partition coefficient (Wildman–Crippen LogP) is 2.67. The third-order valence-electron chi connectivity index (χ3n) is 2.03. The zero-order valence-corrected chi connectivity index (χ0v) is 11.1. The largest absolute Gasteiger partial charge is 0.362 e. The second-order valence-corrected chi connectivity index (χ2v) is 5.12. The fourth-order valence-electron chi connectivity index (χ4n) is 1.09. The molecule has 4 nitrogen and oxygen atoms in total. The van der Waals surface area contributed by atoms with Gasteiger partial charge in [-0.1, -0.05) is 32.9 Å². The Morgan fingerprint density at radius 1 is 1.50 bits per heavy atom. The van der Waals surface area contributed by atoms with Crippen LogP contribution < -0.4 is 10.6 Å². The molecule has 1 heterocycles. The summed E-state index contributed by atoms with van der Waals surface area (Å²) in [6, 6.07) is 1.87. The highest BCUT2D eigenvalue weighted by Gasteiger charge is 2.19. The molecule has 0 amide bonds. The van der Waals surface area contributed by atoms with Gasteiger partial charge in [0.2, 0.25) is 0 Å². The third kappa shape index (κ3) is 3.81. The minimum absolute atomic E-state index is 0.0363. The molecule has 0 unspecified atom stereocenters. The van der Waals surface area contributed by atoms with E-state index >= 15 is 0 Å². The molecular formula is C11H19N3OS. The van der Waals surface area contributed by atoms with Gasteiger partial charge in [0.05, 0.1) is 0 Å². The van der Waals surface area contributed by atoms with Crippen molar-refractivity contribution in [3.63, 3.8) is 0 Å². The Kier molecular flexibility index (Phi) is 4.29. The first-order valence-electron chi connectivity index (χ1n) is 5.45. The summed E-state index contributed by atoms with van der Waals surface area (Å²) in [7, 11) is 0. The van der Waals surface area contributed by atoms with E-state index in [-0.39, 0.29) is 5.41 Å². The fraction of sp³-hybridized carbons (Fsp3) is 0.636. The highest BCUT2D eigenvalue weighted by atomic mass is 32.1. The molecular weight excluding hydrogens is 222 g/mol. The fourth-order valence-corrected chi connectivity index (χ4v) is 1.29. The van der Waals surface area contributed by atoms with Crippen molar-refractivity contribution in [2.75, 3.05) is 11.9 Å². The first-order chi connectivity index (χ1) is 7.43. The van der Waals surface area contributed by atoms with Crippen molar-refractivity contribution in [1.82, 2.24) is 10.5 Å². The van der Waals surface area contributed by atoms with Gasteiger partial charge in [-0.2, -0.15) is 0 Å². The highest BCUT2D eigenvalue weighted by Crippen LogP contribution is 2.24. The molecule has 0 aliphatic heterocycles. The number of aromatic nitrogens is 1. The van der Waals surface area contributed by atoms with Crippen LogP contribution in [0.15, 0.2) is 10.6 Å². The molecule has 0 bridgehead atoms. The van der Waals surface area contributed by atoms with E-state index < -0.39 is 0 Å². The van der Waals surface area contributed by atoms with Crippen molar-refractivity contribution in [3.8, 4) is 0 Å². The smallest absolute Gasteiger partial charge is 0.175 e. The van der Waals surface area contributed by atoms with E-state index in [1.165, 1.54) is 0 Å². The van der Waals surface area contributed by atoms with Crippen LogP contribution in [0, 0.1) is 0 Å². The van der Waals surface area contributed by atoms with Crippen LogP contribution >= 0.6 is 12.2 Å². The van der Waals surface area contributed by atoms with Crippen molar-refractivity contribution >= 4 is 23.1 Å². The number of nitrogens with zero attached hydrogens (tertiary/aromatic N) is 1. The number of rotatable bonds is 3. The molecule has 0 saturated carbocycles. The summed E-state index contributed by atoms with van der Waals surface area (Å²) in [4.78, 5) is 0. The third-order valence-corrected chi connectivity index (χ3v) is 2.27. The van der Waals surface area contributed by atoms with E-state index in [1.54, 1.807) is 0 Å². The standard InChI is InChI=1S/C11H19N3OS/c1-5-6-12-10(16)13-9-7-8(15-14-9)11(2,3)4/h7H,5-6H2,1-4H3,(H2,12,13,14,16). The topological polar surface area (TPSA) is 50.1 Å². The summed E-state index contributed by atoms with van der Waals surface area (Å²) in [5, 5.41) is 10.5. The van der Waals surface area contributed by atoms with Crippen LogP contribution in [0.4, 0.5) is 5.82 Å². The number of hydrogen-bond donors (Lipinski definition) is 2. The maximum absolute atomic E-state index is 5.23. The first-order valence-corrected chi connectivity index (χ1v) is 5.86. The summed E-state index contributed by atoms with van der Waals surface area (Å²) >= 11 is 5.10. The van der Waals surface area contributed by atoms with Gasteiger partial charge in [0.25, 0.3) is 0 Å². The maximum atomic E-state index is 5.23. The van der Waals surface area contributed by atoms with Crippen molar-refractivity contribution in [2.45, 2.75) is 39.5 Å². The molecule has 0 aliphatic carbocycles. The van der Waals surface area contributed by atoms with Gasteiger partial charge in [-0.15, -0.1) is 0 Å². The lowest BCUT2D eigenvalue weighted by molar-refractivity contribution is 0.331. The van der Waals surface area contributed by atoms with Gasteiger partial charge in [0, 0.05) is 18.0 Å². The zero-order valence-electron chi connectivity index (χ0n) is 10.3. The maximum Gasteiger partial charge on any atom is 0.175 e. The molecule has 0 aromatic carbocycles. The first kappa shape index (κ1) is 13.0. The van der Waals surface area contributed by atoms with E-state index in [0.717, 1.165) is 18.7 Å². The molecule has 0 atom stereocenters. The number of anilines is 1. The predicted molar refractivity (Wildman–Crippen MR) is 69.7 cm³/mol. The molecule has 16 heavy (non-hydrogen) atoms. The van der Waals surface area contributed by atoms with Gasteiger partial charge in [-0.25, -0.2) is 0 Å². The van der Waals surface area contributed by atoms with Crippen LogP contribution in [0.2, 0.25) is 0 Å². The van der Waals surface area contributed by atoms with Crippen LogP contribution in [-0.2, 0) is 5.41 Å². The molecule has 0 spiro atoms. The lowest BCUT2D eigenvalue weighted by Crippen LogP contribution is -2.29. The molecule has 0 saturated heterocycles. The lowest BCUT2D eigenvalue weighted by Gasteiger charge is -2.12. The Balaban J connectivity index is 2.56. The van der Waals surface area contributed by atoms with Crippen LogP contribution in [0.5, 0.6) is 0 Å². The van der Waals surface area contributed by atoms with Gasteiger partial charge < -0.3 is 15.2 Å². The Bertz CT molecular complexity index is 354. The monoisotopic (exact) mass is 241 g/mol. The molecule has 90 valence electrons. The van der Waals surface area contributed by atoms with E-state index in [4.69, 9.17) is 16.7 Å². The minimum atomic E-state index is -0.0363. The molecule has 5 heteroatoms. The lowest BCUT2D eigenvalue weighted by atomic mass is 9.93. The zero-order chi connectivity index (χ0) is 12.2. The van der Waals surface area contributed by atoms with Gasteiger partial charge in [0.1, 0.15) is 5.76 Å². The van der Waals surface area contributed by atoms with Crippen LogP contribution in [0.1, 0.15) is 39.9 Å². The van der Waals surface area contributed by atoms with Gasteiger partial charge >= 0.3 is 0 Å². The normalized spacial score (nSPS) is 11.2. The Hall–Kier alpha value is -1.10. The average Bonchev–Trinajstić information content (AvgIpc) is 2.62. The van der Waals surface area contributed by atoms with E-state index in [1.807, 2.05) is 6.07 Å². The number of nitrogens with one attached hydrogen (secondary N) is 2. The second-order valence-electron chi connectivity index (χ2n) is 4.71. The molecule has 0 radical (unpaired) electrons. The average molecular weight is 241 g/mol. The Morgan fingerprint density at radius 2 is 2.19 bits per heavy atom. The minimum Gasteiger partial charge on any atom is -0.362 e. The van der Waals surface area contributed by atoms with Gasteiger partial charge in [0.15, 0.2) is 10.9 Å². The molecule has 1 aromatic heterocycles. The molecule has 1 rings (SSSR count). The molecule has 0 aliphatic rings. The summed E-state index contributed by atoms with van der Waals surface area (Å²) in [6.07, 6.45) is 1.04. The SMILES string of the molecule is CCCNC(=S)Nc1cc(C(C)(C)C)on1. The number of hydrogen-bond acceptors (Lipinski definition) is 3. The molecule has 1 aromatic rings. The Morgan fingerprint density at radius 3 is 2.69 bits per heavy atom. The highest BCUT2D eigenvalue weighted by molar-refractivity contribution is 7.80. The quantitative estimate of drug-likeness (QED) is 0.797. The van der Waals surface area contributed by atoms with Gasteiger partial charge in [-0.05, 0) is 18.6 Å². The molecule has 2 N–H and O–H groups in total. The van der Waals surface area contributed by atoms with Crippen molar-refractivity contribution in [2.24, 2.45) is 0 Å². The van der Waals surface area contributed by atoms with Crippen LogP contribution in [0.3, 0.4) is 0 Å². The molecule has 0 fully saturated rings. The number of thiocarbonyl (C=S) groups is 1. The summed E-state index contributed by atoms with van der Waals surface area (Å²) in [5.74, 6) is 1.49. The van der Waals surface area contributed by atoms with Crippen LogP contribution in [-0.4, -0.2) is 16.8 Å². The van der Waals surface area contributed by atoms with Crippen molar-refractivity contribution in [3.05, 3.63) is 11.8 Å². The van der Waals surface area contributed by atoms with Crippen molar-refractivity contribution < 1.29 is 4.52 Å². The second kappa shape index (κ2) is 5.30. The van der Waals surface area contributed by atoms with Crippen LogP contribution in [0.25, 0.3) is 0 Å². The summed E-state index contributed by atoms with van der Waals surface area (Å²) < 4.78 is 5.23. The van der Waals surface area contributed by atoms with Gasteiger partial charge in [-0.3, -0.25) is 0 Å². The summed E-state index contributed by atoms with van der Waals surface area (Å²) in [5.41, 5.74) is -0.0363.